The van der Waals surface area contributed by atoms with E-state index in [1.165, 1.54) is 39.4 Å². The summed E-state index contributed by atoms with van der Waals surface area (Å²) in [6.07, 6.45) is 0. The fourth-order valence-corrected chi connectivity index (χ4v) is 14.4. The van der Waals surface area contributed by atoms with Crippen LogP contribution in [0.5, 0.6) is 0 Å². The van der Waals surface area contributed by atoms with Crippen molar-refractivity contribution < 1.29 is 0 Å². The van der Waals surface area contributed by atoms with E-state index in [1.807, 2.05) is 0 Å². The van der Waals surface area contributed by atoms with Gasteiger partial charge in [0.2, 0.25) is 0 Å². The van der Waals surface area contributed by atoms with Crippen LogP contribution in [0.3, 0.4) is 0 Å². The van der Waals surface area contributed by atoms with Crippen molar-refractivity contribution in [2.75, 3.05) is 0 Å². The summed E-state index contributed by atoms with van der Waals surface area (Å²) in [7, 11) is -2.09. The minimum atomic E-state index is -1.60. The number of rotatable bonds is 7. The Morgan fingerprint density at radius 2 is 1.03 bits per heavy atom. The molecule has 2 heteroatoms. The molecule has 0 nitrogen and oxygen atoms in total. The summed E-state index contributed by atoms with van der Waals surface area (Å²) < 4.78 is 0.220. The summed E-state index contributed by atoms with van der Waals surface area (Å²) in [5, 5.41) is 3.17. The van der Waals surface area contributed by atoms with Gasteiger partial charge in [0.1, 0.15) is 8.80 Å². The molecular formula is C31H36Si2. The standard InChI is InChI=1S/C31H36Si2/c1-23-16-24(2)19-29(18-23)33(30-20-25(3)17-26(4)21-30)31(5,28-14-10-7-11-15-28)32-22-27-12-8-6-9-13-27/h6-21,33H,22,32H2,1-5H3. The molecule has 0 aliphatic heterocycles. The van der Waals surface area contributed by atoms with Gasteiger partial charge in [0, 0.05) is 9.52 Å². The van der Waals surface area contributed by atoms with E-state index >= 15 is 0 Å². The van der Waals surface area contributed by atoms with Gasteiger partial charge in [-0.1, -0.05) is 142 Å². The molecule has 0 radical (unpaired) electrons. The fraction of sp³-hybridized carbons (Fsp3) is 0.226. The van der Waals surface area contributed by atoms with Crippen LogP contribution in [0.1, 0.15) is 40.3 Å². The Morgan fingerprint density at radius 3 is 1.48 bits per heavy atom. The molecule has 4 aromatic carbocycles. The molecule has 0 saturated heterocycles. The topological polar surface area (TPSA) is 0 Å². The highest BCUT2D eigenvalue weighted by Gasteiger charge is 2.39. The lowest BCUT2D eigenvalue weighted by Gasteiger charge is -2.39. The Bertz CT molecular complexity index is 1120. The molecule has 1 atom stereocenters. The van der Waals surface area contributed by atoms with E-state index in [0.717, 1.165) is 0 Å². The molecule has 0 aliphatic carbocycles. The van der Waals surface area contributed by atoms with Gasteiger partial charge in [-0.15, -0.1) is 0 Å². The van der Waals surface area contributed by atoms with Crippen LogP contribution in [0.2, 0.25) is 0 Å². The monoisotopic (exact) mass is 464 g/mol. The zero-order valence-electron chi connectivity index (χ0n) is 20.7. The summed E-state index contributed by atoms with van der Waals surface area (Å²) in [5.74, 6) is 0. The third kappa shape index (κ3) is 5.46. The predicted octanol–water partition coefficient (Wildman–Crippen LogP) is 5.09. The molecule has 1 unspecified atom stereocenters. The molecule has 0 aromatic heterocycles. The summed E-state index contributed by atoms with van der Waals surface area (Å²) in [6.45, 7) is 11.6. The summed E-state index contributed by atoms with van der Waals surface area (Å²) in [5.41, 5.74) is 8.54. The lowest BCUT2D eigenvalue weighted by atomic mass is 10.1. The van der Waals surface area contributed by atoms with Crippen LogP contribution >= 0.6 is 0 Å². The van der Waals surface area contributed by atoms with Gasteiger partial charge < -0.3 is 0 Å². The average molecular weight is 465 g/mol. The number of hydrogen-bond acceptors (Lipinski definition) is 0. The van der Waals surface area contributed by atoms with Crippen LogP contribution in [0.4, 0.5) is 0 Å². The molecule has 0 amide bonds. The van der Waals surface area contributed by atoms with Crippen molar-refractivity contribution in [1.82, 2.24) is 0 Å². The highest BCUT2D eigenvalue weighted by molar-refractivity contribution is 6.93. The Kier molecular flexibility index (Phi) is 7.16. The normalized spacial score (nSPS) is 13.5. The summed E-state index contributed by atoms with van der Waals surface area (Å²) in [6, 6.07) is 38.3. The molecule has 0 saturated carbocycles. The Hall–Kier alpha value is -2.69. The van der Waals surface area contributed by atoms with Crippen LogP contribution < -0.4 is 10.4 Å². The zero-order chi connectivity index (χ0) is 23.4. The van der Waals surface area contributed by atoms with Gasteiger partial charge >= 0.3 is 0 Å². The van der Waals surface area contributed by atoms with Crippen LogP contribution in [0.25, 0.3) is 0 Å². The number of hydrogen-bond donors (Lipinski definition) is 0. The molecule has 4 aromatic rings. The zero-order valence-corrected chi connectivity index (χ0v) is 23.3. The van der Waals surface area contributed by atoms with E-state index in [0.29, 0.717) is 0 Å². The van der Waals surface area contributed by atoms with Gasteiger partial charge in [-0.05, 0) is 44.0 Å². The molecule has 0 aliphatic rings. The summed E-state index contributed by atoms with van der Waals surface area (Å²) in [4.78, 5) is 0. The average Bonchev–Trinajstić information content (AvgIpc) is 2.78. The Labute approximate surface area is 204 Å². The second-order valence-electron chi connectivity index (χ2n) is 10.0. The van der Waals surface area contributed by atoms with Gasteiger partial charge in [0.25, 0.3) is 0 Å². The van der Waals surface area contributed by atoms with Gasteiger partial charge in [-0.2, -0.15) is 0 Å². The first-order valence-corrected chi connectivity index (χ1v) is 15.5. The van der Waals surface area contributed by atoms with Crippen molar-refractivity contribution in [1.29, 1.82) is 0 Å². The third-order valence-corrected chi connectivity index (χ3v) is 15.0. The lowest BCUT2D eigenvalue weighted by Crippen LogP contribution is -2.60. The molecule has 4 rings (SSSR count). The van der Waals surface area contributed by atoms with Crippen molar-refractivity contribution in [3.63, 3.8) is 0 Å². The first kappa shape index (κ1) is 23.5. The van der Waals surface area contributed by atoms with E-state index < -0.39 is 18.3 Å². The molecule has 0 spiro atoms. The van der Waals surface area contributed by atoms with Crippen molar-refractivity contribution in [2.45, 2.75) is 45.3 Å². The molecule has 0 heterocycles. The maximum atomic E-state index is 2.60. The van der Waals surface area contributed by atoms with Crippen LogP contribution in [-0.2, 0) is 10.7 Å². The van der Waals surface area contributed by atoms with E-state index in [9.17, 15) is 0 Å². The van der Waals surface area contributed by atoms with E-state index in [-0.39, 0.29) is 4.66 Å². The van der Waals surface area contributed by atoms with E-state index in [2.05, 4.69) is 132 Å². The Balaban J connectivity index is 1.92. The molecule has 0 fully saturated rings. The largest absolute Gasteiger partial charge is 0.110 e. The highest BCUT2D eigenvalue weighted by Crippen LogP contribution is 2.28. The first-order chi connectivity index (χ1) is 15.8. The van der Waals surface area contributed by atoms with Crippen LogP contribution in [0.15, 0.2) is 97.1 Å². The van der Waals surface area contributed by atoms with Gasteiger partial charge in [0.05, 0.1) is 0 Å². The van der Waals surface area contributed by atoms with Gasteiger partial charge in [-0.25, -0.2) is 0 Å². The van der Waals surface area contributed by atoms with E-state index in [4.69, 9.17) is 0 Å². The quantitative estimate of drug-likeness (QED) is 0.334. The van der Waals surface area contributed by atoms with Crippen molar-refractivity contribution in [3.8, 4) is 0 Å². The SMILES string of the molecule is Cc1cc(C)cc([SiH](c2cc(C)cc(C)c2)C(C)([SiH2]Cc2ccccc2)c2ccccc2)c1. The first-order valence-electron chi connectivity index (χ1n) is 12.1. The second kappa shape index (κ2) is 10.1. The Morgan fingerprint density at radius 1 is 0.606 bits per heavy atom. The minimum Gasteiger partial charge on any atom is -0.0622 e. The molecule has 0 bridgehead atoms. The summed E-state index contributed by atoms with van der Waals surface area (Å²) >= 11 is 0. The second-order valence-corrected chi connectivity index (χ2v) is 16.8. The molecule has 168 valence electrons. The van der Waals surface area contributed by atoms with E-state index in [1.54, 1.807) is 10.4 Å². The van der Waals surface area contributed by atoms with Crippen molar-refractivity contribution >= 4 is 28.7 Å². The van der Waals surface area contributed by atoms with Crippen LogP contribution in [0, 0.1) is 27.7 Å². The fourth-order valence-electron chi connectivity index (χ4n) is 5.60. The maximum absolute atomic E-state index is 2.60. The maximum Gasteiger partial charge on any atom is 0.110 e. The molecule has 0 N–H and O–H groups in total. The van der Waals surface area contributed by atoms with Gasteiger partial charge in [0.15, 0.2) is 0 Å². The van der Waals surface area contributed by atoms with Crippen LogP contribution in [-0.4, -0.2) is 18.3 Å². The number of aryl methyl sites for hydroxylation is 4. The van der Waals surface area contributed by atoms with Crippen molar-refractivity contribution in [3.05, 3.63) is 130 Å². The molecular weight excluding hydrogens is 429 g/mol. The molecule has 33 heavy (non-hydrogen) atoms. The third-order valence-electron chi connectivity index (χ3n) is 7.00. The minimum absolute atomic E-state index is 0.220. The highest BCUT2D eigenvalue weighted by atomic mass is 28.3. The smallest absolute Gasteiger partial charge is 0.0622 e. The predicted molar refractivity (Wildman–Crippen MR) is 151 cm³/mol. The van der Waals surface area contributed by atoms with Gasteiger partial charge in [-0.3, -0.25) is 0 Å². The lowest BCUT2D eigenvalue weighted by molar-refractivity contribution is 0.923. The van der Waals surface area contributed by atoms with Crippen molar-refractivity contribution in [2.24, 2.45) is 0 Å². The number of benzene rings is 4.